The SMILES string of the molecule is C=CC(O)(C#Cc1cccc2ccccc12)c1ccccc1. The molecule has 0 aliphatic rings. The van der Waals surface area contributed by atoms with Gasteiger partial charge in [-0.1, -0.05) is 85.1 Å². The van der Waals surface area contributed by atoms with Crippen molar-refractivity contribution in [2.75, 3.05) is 0 Å². The van der Waals surface area contributed by atoms with Crippen LogP contribution in [0.4, 0.5) is 0 Å². The Hall–Kier alpha value is -2.82. The molecule has 0 aromatic heterocycles. The van der Waals surface area contributed by atoms with Gasteiger partial charge in [0.25, 0.3) is 0 Å². The van der Waals surface area contributed by atoms with Crippen LogP contribution in [0.3, 0.4) is 0 Å². The lowest BCUT2D eigenvalue weighted by molar-refractivity contribution is 0.154. The van der Waals surface area contributed by atoms with E-state index in [1.165, 1.54) is 6.08 Å². The van der Waals surface area contributed by atoms with E-state index in [9.17, 15) is 5.11 Å². The molecule has 0 aliphatic heterocycles. The third kappa shape index (κ3) is 2.65. The third-order valence-corrected chi connectivity index (χ3v) is 3.69. The van der Waals surface area contributed by atoms with Crippen LogP contribution in [-0.2, 0) is 5.60 Å². The molecule has 0 amide bonds. The van der Waals surface area contributed by atoms with Gasteiger partial charge in [0.2, 0.25) is 0 Å². The van der Waals surface area contributed by atoms with E-state index < -0.39 is 5.60 Å². The molecule has 0 saturated carbocycles. The average Bonchev–Trinajstić information content (AvgIpc) is 2.60. The second-order valence-corrected chi connectivity index (χ2v) is 5.11. The normalized spacial score (nSPS) is 13.0. The number of fused-ring (bicyclic) bond motifs is 1. The third-order valence-electron chi connectivity index (χ3n) is 3.69. The zero-order chi connectivity index (χ0) is 15.4. The van der Waals surface area contributed by atoms with E-state index in [1.807, 2.05) is 60.7 Å². The standard InChI is InChI=1S/C21H16O/c1-2-21(22,19-12-4-3-5-13-19)16-15-18-11-8-10-17-9-6-7-14-20(17)18/h2-14,22H,1H2. The highest BCUT2D eigenvalue weighted by atomic mass is 16.3. The molecule has 106 valence electrons. The van der Waals surface area contributed by atoms with E-state index in [2.05, 4.69) is 30.6 Å². The Morgan fingerprint density at radius 2 is 1.55 bits per heavy atom. The van der Waals surface area contributed by atoms with Crippen LogP contribution in [0, 0.1) is 11.8 Å². The zero-order valence-corrected chi connectivity index (χ0v) is 12.2. The molecule has 1 unspecified atom stereocenters. The van der Waals surface area contributed by atoms with E-state index in [0.29, 0.717) is 0 Å². The van der Waals surface area contributed by atoms with Crippen LogP contribution in [0.25, 0.3) is 10.8 Å². The van der Waals surface area contributed by atoms with Crippen molar-refractivity contribution in [3.05, 3.63) is 96.6 Å². The van der Waals surface area contributed by atoms with Gasteiger partial charge in [0, 0.05) is 5.56 Å². The van der Waals surface area contributed by atoms with Crippen LogP contribution in [0.15, 0.2) is 85.5 Å². The Bertz CT molecular complexity index is 863. The smallest absolute Gasteiger partial charge is 0.169 e. The molecule has 0 heterocycles. The highest BCUT2D eigenvalue weighted by molar-refractivity contribution is 5.88. The van der Waals surface area contributed by atoms with Crippen molar-refractivity contribution >= 4 is 10.8 Å². The fourth-order valence-electron chi connectivity index (χ4n) is 2.43. The summed E-state index contributed by atoms with van der Waals surface area (Å²) in [6, 6.07) is 23.4. The van der Waals surface area contributed by atoms with Crippen molar-refractivity contribution in [2.45, 2.75) is 5.60 Å². The van der Waals surface area contributed by atoms with Gasteiger partial charge in [-0.05, 0) is 28.5 Å². The summed E-state index contributed by atoms with van der Waals surface area (Å²) in [6.45, 7) is 3.73. The quantitative estimate of drug-likeness (QED) is 0.550. The molecular weight excluding hydrogens is 268 g/mol. The molecule has 3 rings (SSSR count). The first-order valence-corrected chi connectivity index (χ1v) is 7.15. The van der Waals surface area contributed by atoms with Crippen molar-refractivity contribution in [3.8, 4) is 11.8 Å². The van der Waals surface area contributed by atoms with Crippen LogP contribution in [-0.4, -0.2) is 5.11 Å². The van der Waals surface area contributed by atoms with Crippen LogP contribution in [0.1, 0.15) is 11.1 Å². The summed E-state index contributed by atoms with van der Waals surface area (Å²) in [7, 11) is 0. The van der Waals surface area contributed by atoms with Crippen LogP contribution in [0.2, 0.25) is 0 Å². The van der Waals surface area contributed by atoms with Crippen molar-refractivity contribution in [1.82, 2.24) is 0 Å². The topological polar surface area (TPSA) is 20.2 Å². The molecule has 1 heteroatoms. The fourth-order valence-corrected chi connectivity index (χ4v) is 2.43. The summed E-state index contributed by atoms with van der Waals surface area (Å²) in [5.74, 6) is 6.06. The minimum Gasteiger partial charge on any atom is -0.370 e. The maximum Gasteiger partial charge on any atom is 0.169 e. The predicted octanol–water partition coefficient (Wildman–Crippen LogP) is 4.27. The number of aliphatic hydroxyl groups is 1. The Morgan fingerprint density at radius 1 is 0.864 bits per heavy atom. The highest BCUT2D eigenvalue weighted by Gasteiger charge is 2.21. The first-order valence-electron chi connectivity index (χ1n) is 7.15. The lowest BCUT2D eigenvalue weighted by Gasteiger charge is -2.17. The molecule has 0 radical (unpaired) electrons. The maximum absolute atomic E-state index is 10.7. The molecular formula is C21H16O. The molecule has 1 N–H and O–H groups in total. The van der Waals surface area contributed by atoms with Crippen LogP contribution in [0.5, 0.6) is 0 Å². The number of benzene rings is 3. The molecule has 3 aromatic carbocycles. The van der Waals surface area contributed by atoms with Gasteiger partial charge < -0.3 is 5.11 Å². The molecule has 1 atom stereocenters. The highest BCUT2D eigenvalue weighted by Crippen LogP contribution is 2.22. The van der Waals surface area contributed by atoms with E-state index in [4.69, 9.17) is 0 Å². The minimum absolute atomic E-state index is 0.720. The molecule has 22 heavy (non-hydrogen) atoms. The van der Waals surface area contributed by atoms with Gasteiger partial charge in [-0.15, -0.1) is 0 Å². The minimum atomic E-state index is -1.35. The fraction of sp³-hybridized carbons (Fsp3) is 0.0476. The number of hydrogen-bond donors (Lipinski definition) is 1. The zero-order valence-electron chi connectivity index (χ0n) is 12.2. The average molecular weight is 284 g/mol. The second-order valence-electron chi connectivity index (χ2n) is 5.11. The summed E-state index contributed by atoms with van der Waals surface area (Å²) in [4.78, 5) is 0. The van der Waals surface area contributed by atoms with Gasteiger partial charge in [-0.2, -0.15) is 0 Å². The summed E-state index contributed by atoms with van der Waals surface area (Å²) in [5, 5.41) is 12.9. The molecule has 0 bridgehead atoms. The maximum atomic E-state index is 10.7. The van der Waals surface area contributed by atoms with Crippen molar-refractivity contribution < 1.29 is 5.11 Å². The molecule has 0 aliphatic carbocycles. The van der Waals surface area contributed by atoms with Gasteiger partial charge >= 0.3 is 0 Å². The first kappa shape index (κ1) is 14.1. The van der Waals surface area contributed by atoms with E-state index in [-0.39, 0.29) is 0 Å². The monoisotopic (exact) mass is 284 g/mol. The molecule has 0 saturated heterocycles. The van der Waals surface area contributed by atoms with Crippen LogP contribution >= 0.6 is 0 Å². The first-order chi connectivity index (χ1) is 10.7. The van der Waals surface area contributed by atoms with Gasteiger partial charge in [0.1, 0.15) is 0 Å². The van der Waals surface area contributed by atoms with Gasteiger partial charge in [-0.25, -0.2) is 0 Å². The molecule has 0 spiro atoms. The largest absolute Gasteiger partial charge is 0.370 e. The Kier molecular flexibility index (Phi) is 3.78. The van der Waals surface area contributed by atoms with Crippen molar-refractivity contribution in [3.63, 3.8) is 0 Å². The van der Waals surface area contributed by atoms with Crippen molar-refractivity contribution in [1.29, 1.82) is 0 Å². The Balaban J connectivity index is 2.08. The van der Waals surface area contributed by atoms with Gasteiger partial charge in [0.15, 0.2) is 5.60 Å². The van der Waals surface area contributed by atoms with Gasteiger partial charge in [-0.3, -0.25) is 0 Å². The number of hydrogen-bond acceptors (Lipinski definition) is 1. The molecule has 0 fully saturated rings. The Labute approximate surface area is 130 Å². The van der Waals surface area contributed by atoms with Gasteiger partial charge in [0.05, 0.1) is 0 Å². The number of rotatable bonds is 2. The summed E-state index contributed by atoms with van der Waals surface area (Å²) in [5.41, 5.74) is 0.269. The summed E-state index contributed by atoms with van der Waals surface area (Å²) in [6.07, 6.45) is 1.47. The van der Waals surface area contributed by atoms with E-state index in [0.717, 1.165) is 21.9 Å². The van der Waals surface area contributed by atoms with Crippen LogP contribution < -0.4 is 0 Å². The Morgan fingerprint density at radius 3 is 2.32 bits per heavy atom. The molecule has 3 aromatic rings. The summed E-state index contributed by atoms with van der Waals surface area (Å²) < 4.78 is 0. The van der Waals surface area contributed by atoms with E-state index >= 15 is 0 Å². The lowest BCUT2D eigenvalue weighted by atomic mass is 9.94. The second kappa shape index (κ2) is 5.89. The summed E-state index contributed by atoms with van der Waals surface area (Å²) >= 11 is 0. The van der Waals surface area contributed by atoms with E-state index in [1.54, 1.807) is 0 Å². The van der Waals surface area contributed by atoms with Crippen molar-refractivity contribution in [2.24, 2.45) is 0 Å². The lowest BCUT2D eigenvalue weighted by Crippen LogP contribution is -2.19. The predicted molar refractivity (Wildman–Crippen MR) is 91.4 cm³/mol. The molecule has 1 nitrogen and oxygen atoms in total.